The Labute approximate surface area is 183 Å². The summed E-state index contributed by atoms with van der Waals surface area (Å²) in [4.78, 5) is 29.4. The summed E-state index contributed by atoms with van der Waals surface area (Å²) in [5.74, 6) is -1.33. The molecule has 0 spiro atoms. The molecule has 0 fully saturated rings. The summed E-state index contributed by atoms with van der Waals surface area (Å²) >= 11 is 0. The van der Waals surface area contributed by atoms with Gasteiger partial charge in [0.1, 0.15) is 11.3 Å². The highest BCUT2D eigenvalue weighted by atomic mass is 32.2. The second-order valence-corrected chi connectivity index (χ2v) is 9.24. The smallest absolute Gasteiger partial charge is 0.414 e. The van der Waals surface area contributed by atoms with Crippen LogP contribution >= 0.6 is 0 Å². The van der Waals surface area contributed by atoms with Crippen LogP contribution in [0.4, 0.5) is 15.0 Å². The molecule has 0 saturated carbocycles. The number of fused-ring (bicyclic) bond motifs is 1. The quantitative estimate of drug-likeness (QED) is 0.558. The fourth-order valence-corrected chi connectivity index (χ4v) is 3.52. The Morgan fingerprint density at radius 1 is 1.28 bits per heavy atom. The summed E-state index contributed by atoms with van der Waals surface area (Å²) in [5.41, 5.74) is 0.392. The van der Waals surface area contributed by atoms with Gasteiger partial charge in [-0.15, -0.1) is 0 Å². The molecule has 9 nitrogen and oxygen atoms in total. The third-order valence-corrected chi connectivity index (χ3v) is 6.06. The van der Waals surface area contributed by atoms with Crippen LogP contribution in [0.3, 0.4) is 0 Å². The summed E-state index contributed by atoms with van der Waals surface area (Å²) in [6.45, 7) is 3.11. The maximum absolute atomic E-state index is 14.9. The number of nitrogens with one attached hydrogen (secondary N) is 1. The molecule has 0 bridgehead atoms. The molecule has 1 N–H and O–H groups in total. The van der Waals surface area contributed by atoms with Crippen molar-refractivity contribution >= 4 is 32.9 Å². The topological polar surface area (TPSA) is 119 Å². The fraction of sp³-hybridized carbons (Fsp3) is 0.286. The van der Waals surface area contributed by atoms with E-state index in [0.717, 1.165) is 0 Å². The number of ether oxygens (including phenoxy) is 1. The molecule has 2 heterocycles. The first kappa shape index (κ1) is 23.2. The van der Waals surface area contributed by atoms with E-state index in [1.807, 2.05) is 0 Å². The number of sulfonamides is 1. The summed E-state index contributed by atoms with van der Waals surface area (Å²) in [6, 6.07) is 6.00. The number of hydrogen-bond donors (Lipinski definition) is 1. The molecule has 1 aromatic carbocycles. The highest BCUT2D eigenvalue weighted by molar-refractivity contribution is 7.92. The standard InChI is InChI=1S/C21H22FN3O6S/c1-5-32(28,29)24-19-18(22)13(8-9-23-19)10-16-12(2)15-7-6-14(30-21(27)25(3)4)11-17(15)31-20(16)26/h6-9,11H,5,10H2,1-4H3,(H,23,24). The molecule has 0 unspecified atom stereocenters. The molecule has 3 rings (SSSR count). The maximum Gasteiger partial charge on any atom is 0.414 e. The summed E-state index contributed by atoms with van der Waals surface area (Å²) in [6.07, 6.45) is 0.550. The zero-order valence-corrected chi connectivity index (χ0v) is 18.7. The third kappa shape index (κ3) is 4.88. The van der Waals surface area contributed by atoms with Gasteiger partial charge in [0.25, 0.3) is 0 Å². The molecule has 1 amide bonds. The average molecular weight is 463 g/mol. The van der Waals surface area contributed by atoms with Crippen molar-refractivity contribution in [1.82, 2.24) is 9.88 Å². The van der Waals surface area contributed by atoms with Gasteiger partial charge in [0.15, 0.2) is 11.6 Å². The number of hydrogen-bond acceptors (Lipinski definition) is 7. The van der Waals surface area contributed by atoms with E-state index in [4.69, 9.17) is 9.15 Å². The third-order valence-electron chi connectivity index (χ3n) is 4.80. The Morgan fingerprint density at radius 3 is 2.66 bits per heavy atom. The van der Waals surface area contributed by atoms with Crippen LogP contribution in [0.2, 0.25) is 0 Å². The molecule has 32 heavy (non-hydrogen) atoms. The lowest BCUT2D eigenvalue weighted by Gasteiger charge is -2.13. The van der Waals surface area contributed by atoms with Gasteiger partial charge in [-0.25, -0.2) is 27.4 Å². The van der Waals surface area contributed by atoms with Gasteiger partial charge in [0, 0.05) is 43.7 Å². The highest BCUT2D eigenvalue weighted by Gasteiger charge is 2.19. The van der Waals surface area contributed by atoms with E-state index in [0.29, 0.717) is 10.9 Å². The van der Waals surface area contributed by atoms with Gasteiger partial charge in [-0.05, 0) is 43.2 Å². The van der Waals surface area contributed by atoms with Gasteiger partial charge in [-0.1, -0.05) is 0 Å². The molecular weight excluding hydrogens is 441 g/mol. The van der Waals surface area contributed by atoms with Gasteiger partial charge >= 0.3 is 11.7 Å². The largest absolute Gasteiger partial charge is 0.422 e. The van der Waals surface area contributed by atoms with Gasteiger partial charge in [-0.2, -0.15) is 0 Å². The van der Waals surface area contributed by atoms with E-state index >= 15 is 0 Å². The number of carbonyl (C=O) groups is 1. The first-order valence-corrected chi connectivity index (χ1v) is 11.3. The minimum Gasteiger partial charge on any atom is -0.422 e. The Hall–Kier alpha value is -3.47. The predicted octanol–water partition coefficient (Wildman–Crippen LogP) is 3.05. The summed E-state index contributed by atoms with van der Waals surface area (Å²) in [5, 5.41) is 0.589. The van der Waals surface area contributed by atoms with Crippen LogP contribution in [0.15, 0.2) is 39.7 Å². The normalized spacial score (nSPS) is 11.4. The van der Waals surface area contributed by atoms with Crippen molar-refractivity contribution in [3.63, 3.8) is 0 Å². The van der Waals surface area contributed by atoms with Crippen LogP contribution in [0, 0.1) is 12.7 Å². The van der Waals surface area contributed by atoms with E-state index in [9.17, 15) is 22.4 Å². The molecule has 0 saturated heterocycles. The molecule has 170 valence electrons. The Morgan fingerprint density at radius 2 is 2.00 bits per heavy atom. The van der Waals surface area contributed by atoms with Gasteiger partial charge in [0.05, 0.1) is 5.75 Å². The molecule has 3 aromatic rings. The first-order chi connectivity index (χ1) is 15.0. The van der Waals surface area contributed by atoms with E-state index in [-0.39, 0.29) is 34.6 Å². The monoisotopic (exact) mass is 463 g/mol. The number of halogens is 1. The molecular formula is C21H22FN3O6S. The van der Waals surface area contributed by atoms with Crippen LogP contribution in [-0.4, -0.2) is 44.2 Å². The lowest BCUT2D eigenvalue weighted by molar-refractivity contribution is 0.172. The minimum absolute atomic E-state index is 0.0834. The molecule has 0 radical (unpaired) electrons. The lowest BCUT2D eigenvalue weighted by Crippen LogP contribution is -2.25. The van der Waals surface area contributed by atoms with Crippen molar-refractivity contribution in [1.29, 1.82) is 0 Å². The molecule has 0 aliphatic heterocycles. The number of rotatable bonds is 6. The van der Waals surface area contributed by atoms with E-state index in [1.165, 1.54) is 44.2 Å². The zero-order chi connectivity index (χ0) is 23.6. The number of anilines is 1. The van der Waals surface area contributed by atoms with Crippen molar-refractivity contribution in [3.05, 3.63) is 63.4 Å². The minimum atomic E-state index is -3.72. The number of aryl methyl sites for hydroxylation is 1. The number of benzene rings is 1. The number of pyridine rings is 1. The second kappa shape index (κ2) is 8.95. The van der Waals surface area contributed by atoms with Crippen LogP contribution in [0.5, 0.6) is 5.75 Å². The van der Waals surface area contributed by atoms with E-state index in [1.54, 1.807) is 19.1 Å². The SMILES string of the molecule is CCS(=O)(=O)Nc1nccc(Cc2c(C)c3ccc(OC(=O)N(C)C)cc3oc2=O)c1F. The van der Waals surface area contributed by atoms with Crippen molar-refractivity contribution in [2.45, 2.75) is 20.3 Å². The van der Waals surface area contributed by atoms with Crippen LogP contribution in [-0.2, 0) is 16.4 Å². The molecule has 11 heteroatoms. The van der Waals surface area contributed by atoms with Crippen molar-refractivity contribution < 1.29 is 26.8 Å². The number of aromatic nitrogens is 1. The summed E-state index contributed by atoms with van der Waals surface area (Å²) in [7, 11) is -0.643. The summed E-state index contributed by atoms with van der Waals surface area (Å²) < 4.78 is 51.0. The molecule has 0 atom stereocenters. The van der Waals surface area contributed by atoms with Crippen molar-refractivity contribution in [2.75, 3.05) is 24.6 Å². The lowest BCUT2D eigenvalue weighted by atomic mass is 10.00. The second-order valence-electron chi connectivity index (χ2n) is 7.23. The van der Waals surface area contributed by atoms with Gasteiger partial charge in [0.2, 0.25) is 10.0 Å². The Bertz CT molecular complexity index is 1350. The predicted molar refractivity (Wildman–Crippen MR) is 117 cm³/mol. The number of carbonyl (C=O) groups excluding carboxylic acids is 1. The van der Waals surface area contributed by atoms with E-state index in [2.05, 4.69) is 9.71 Å². The molecule has 2 aromatic heterocycles. The van der Waals surface area contributed by atoms with Crippen LogP contribution in [0.25, 0.3) is 11.0 Å². The average Bonchev–Trinajstić information content (AvgIpc) is 2.73. The molecule has 0 aliphatic rings. The number of nitrogens with zero attached hydrogens (tertiary/aromatic N) is 2. The fourth-order valence-electron chi connectivity index (χ4n) is 2.94. The highest BCUT2D eigenvalue weighted by Crippen LogP contribution is 2.26. The van der Waals surface area contributed by atoms with Gasteiger partial charge in [-0.3, -0.25) is 4.72 Å². The van der Waals surface area contributed by atoms with E-state index < -0.39 is 33.4 Å². The van der Waals surface area contributed by atoms with Gasteiger partial charge < -0.3 is 14.1 Å². The Kier molecular flexibility index (Phi) is 6.49. The van der Waals surface area contributed by atoms with Crippen LogP contribution < -0.4 is 15.1 Å². The molecule has 0 aliphatic carbocycles. The number of amides is 1. The maximum atomic E-state index is 14.9. The Balaban J connectivity index is 1.98. The first-order valence-electron chi connectivity index (χ1n) is 9.61. The van der Waals surface area contributed by atoms with Crippen molar-refractivity contribution in [2.24, 2.45) is 0 Å². The van der Waals surface area contributed by atoms with Crippen LogP contribution in [0.1, 0.15) is 23.6 Å². The zero-order valence-electron chi connectivity index (χ0n) is 17.9. The van der Waals surface area contributed by atoms with Crippen molar-refractivity contribution in [3.8, 4) is 5.75 Å².